The molecule has 31 heavy (non-hydrogen) atoms. The predicted octanol–water partition coefficient (Wildman–Crippen LogP) is 4.61. The molecule has 1 saturated carbocycles. The normalized spacial score (nSPS) is 17.3. The van der Waals surface area contributed by atoms with Gasteiger partial charge in [-0.1, -0.05) is 57.4 Å². The van der Waals surface area contributed by atoms with E-state index in [1.54, 1.807) is 4.52 Å². The van der Waals surface area contributed by atoms with Gasteiger partial charge in [0.2, 0.25) is 11.9 Å². The van der Waals surface area contributed by atoms with E-state index < -0.39 is 0 Å². The van der Waals surface area contributed by atoms with Gasteiger partial charge in [0.15, 0.2) is 5.65 Å². The van der Waals surface area contributed by atoms with Crippen molar-refractivity contribution in [2.24, 2.45) is 17.8 Å². The fourth-order valence-electron chi connectivity index (χ4n) is 4.35. The summed E-state index contributed by atoms with van der Waals surface area (Å²) in [6.07, 6.45) is 7.67. The molecule has 0 spiro atoms. The fourth-order valence-corrected chi connectivity index (χ4v) is 4.35. The van der Waals surface area contributed by atoms with Gasteiger partial charge in [-0.15, -0.1) is 5.10 Å². The minimum atomic E-state index is -0.112. The molecule has 2 aliphatic rings. The topological polar surface area (TPSA) is 62.5 Å². The van der Waals surface area contributed by atoms with Crippen molar-refractivity contribution in [2.75, 3.05) is 18.4 Å². The molecule has 6 nitrogen and oxygen atoms in total. The van der Waals surface area contributed by atoms with Crippen LogP contribution in [-0.2, 0) is 11.3 Å². The smallest absolute Gasteiger partial charge is 0.249 e. The zero-order valence-electron chi connectivity index (χ0n) is 18.4. The van der Waals surface area contributed by atoms with Crippen LogP contribution in [0.15, 0.2) is 42.6 Å². The lowest BCUT2D eigenvalue weighted by molar-refractivity contribution is -0.118. The van der Waals surface area contributed by atoms with Gasteiger partial charge in [0.25, 0.3) is 0 Å². The highest BCUT2D eigenvalue weighted by Crippen LogP contribution is 2.36. The molecule has 1 aliphatic heterocycles. The molecule has 1 amide bonds. The Morgan fingerprint density at radius 3 is 2.55 bits per heavy atom. The molecule has 6 heteroatoms. The summed E-state index contributed by atoms with van der Waals surface area (Å²) >= 11 is 0. The molecule has 0 bridgehead atoms. The summed E-state index contributed by atoms with van der Waals surface area (Å²) in [7, 11) is 0. The molecule has 162 valence electrons. The molecule has 2 fully saturated rings. The number of rotatable bonds is 8. The number of benzene rings is 1. The number of carbonyl (C=O) groups excluding carboxylic acids is 1. The van der Waals surface area contributed by atoms with E-state index >= 15 is 0 Å². The van der Waals surface area contributed by atoms with Crippen molar-refractivity contribution in [3.8, 4) is 11.1 Å². The molecular formula is C25H31N5O. The highest BCUT2D eigenvalue weighted by atomic mass is 16.2. The number of nitrogens with one attached hydrogen (secondary N) is 1. The van der Waals surface area contributed by atoms with E-state index in [0.717, 1.165) is 35.2 Å². The first-order valence-electron chi connectivity index (χ1n) is 11.5. The highest BCUT2D eigenvalue weighted by molar-refractivity contribution is 5.91. The lowest BCUT2D eigenvalue weighted by atomic mass is 9.93. The van der Waals surface area contributed by atoms with E-state index in [1.807, 2.05) is 32.2 Å². The van der Waals surface area contributed by atoms with E-state index in [0.29, 0.717) is 5.95 Å². The second-order valence-corrected chi connectivity index (χ2v) is 9.55. The van der Waals surface area contributed by atoms with Crippen molar-refractivity contribution >= 4 is 17.5 Å². The van der Waals surface area contributed by atoms with Crippen LogP contribution in [0.5, 0.6) is 0 Å². The number of likely N-dealkylation sites (tertiary alicyclic amines) is 1. The zero-order chi connectivity index (χ0) is 21.4. The molecule has 1 N–H and O–H groups in total. The third-order valence-electron chi connectivity index (χ3n) is 6.51. The molecule has 0 radical (unpaired) electrons. The van der Waals surface area contributed by atoms with Crippen LogP contribution < -0.4 is 5.32 Å². The number of hydrogen-bond acceptors (Lipinski definition) is 4. The van der Waals surface area contributed by atoms with Gasteiger partial charge in [-0.3, -0.25) is 15.0 Å². The van der Waals surface area contributed by atoms with Gasteiger partial charge in [0, 0.05) is 37.3 Å². The number of fused-ring (bicyclic) bond motifs is 1. The lowest BCUT2D eigenvalue weighted by Gasteiger charge is -2.39. The Labute approximate surface area is 183 Å². The highest BCUT2D eigenvalue weighted by Gasteiger charge is 2.29. The molecule has 2 aromatic heterocycles. The molecular weight excluding hydrogens is 386 g/mol. The Kier molecular flexibility index (Phi) is 5.48. The second kappa shape index (κ2) is 8.42. The van der Waals surface area contributed by atoms with Gasteiger partial charge in [-0.2, -0.15) is 4.98 Å². The van der Waals surface area contributed by atoms with Crippen LogP contribution >= 0.6 is 0 Å². The zero-order valence-corrected chi connectivity index (χ0v) is 18.4. The first-order valence-corrected chi connectivity index (χ1v) is 11.5. The van der Waals surface area contributed by atoms with E-state index in [1.165, 1.54) is 44.3 Å². The van der Waals surface area contributed by atoms with Crippen molar-refractivity contribution in [2.45, 2.75) is 46.1 Å². The van der Waals surface area contributed by atoms with Crippen molar-refractivity contribution in [3.05, 3.63) is 48.2 Å². The molecule has 0 atom stereocenters. The van der Waals surface area contributed by atoms with Crippen LogP contribution in [0, 0.1) is 17.8 Å². The molecule has 3 aromatic rings. The maximum atomic E-state index is 12.0. The van der Waals surface area contributed by atoms with E-state index in [2.05, 4.69) is 44.6 Å². The summed E-state index contributed by atoms with van der Waals surface area (Å²) in [5.41, 5.74) is 4.21. The molecule has 3 heterocycles. The maximum Gasteiger partial charge on any atom is 0.249 e. The standard InChI is InChI=1S/C25H31N5O/c1-17(2)24(31)27-25-26-23-22(4-3-13-30(23)28-25)21-11-9-19(10-12-21)14-29-15-20(16-29)8-7-18-5-6-18/h3-4,9-13,17-18,20H,5-8,14-16H2,1-2H3,(H,27,28,31). The van der Waals surface area contributed by atoms with E-state index in [9.17, 15) is 4.79 Å². The van der Waals surface area contributed by atoms with Gasteiger partial charge in [0.1, 0.15) is 0 Å². The Balaban J connectivity index is 1.24. The number of nitrogens with zero attached hydrogens (tertiary/aromatic N) is 4. The monoisotopic (exact) mass is 417 g/mol. The quantitative estimate of drug-likeness (QED) is 0.581. The summed E-state index contributed by atoms with van der Waals surface area (Å²) in [5, 5.41) is 7.19. The molecule has 0 unspecified atom stereocenters. The number of hydrogen-bond donors (Lipinski definition) is 1. The average molecular weight is 418 g/mol. The minimum absolute atomic E-state index is 0.0809. The Hall–Kier alpha value is -2.73. The van der Waals surface area contributed by atoms with Crippen LogP contribution in [0.2, 0.25) is 0 Å². The summed E-state index contributed by atoms with van der Waals surface area (Å²) in [6, 6.07) is 12.8. The maximum absolute atomic E-state index is 12.0. The fraction of sp³-hybridized carbons (Fsp3) is 0.480. The summed E-state index contributed by atoms with van der Waals surface area (Å²) in [6.45, 7) is 7.23. The van der Waals surface area contributed by atoms with Crippen molar-refractivity contribution in [1.82, 2.24) is 19.5 Å². The third kappa shape index (κ3) is 4.64. The molecule has 1 saturated heterocycles. The first kappa shape index (κ1) is 20.2. The largest absolute Gasteiger partial charge is 0.298 e. The molecule has 5 rings (SSSR count). The summed E-state index contributed by atoms with van der Waals surface area (Å²) in [4.78, 5) is 19.1. The van der Waals surface area contributed by atoms with Gasteiger partial charge in [-0.05, 0) is 41.5 Å². The van der Waals surface area contributed by atoms with Crippen LogP contribution in [0.4, 0.5) is 5.95 Å². The van der Waals surface area contributed by atoms with Crippen LogP contribution in [0.25, 0.3) is 16.8 Å². The van der Waals surface area contributed by atoms with Gasteiger partial charge < -0.3 is 0 Å². The minimum Gasteiger partial charge on any atom is -0.298 e. The second-order valence-electron chi connectivity index (χ2n) is 9.55. The number of carbonyl (C=O) groups is 1. The Bertz CT molecular complexity index is 1060. The number of anilines is 1. The van der Waals surface area contributed by atoms with Gasteiger partial charge >= 0.3 is 0 Å². The SMILES string of the molecule is CC(C)C(=O)Nc1nc2c(-c3ccc(CN4CC(CCC5CC5)C4)cc3)cccn2n1. The Morgan fingerprint density at radius 1 is 1.10 bits per heavy atom. The first-order chi connectivity index (χ1) is 15.0. The van der Waals surface area contributed by atoms with Gasteiger partial charge in [0.05, 0.1) is 0 Å². The van der Waals surface area contributed by atoms with Crippen LogP contribution in [0.1, 0.15) is 45.1 Å². The van der Waals surface area contributed by atoms with E-state index in [4.69, 9.17) is 0 Å². The number of aromatic nitrogens is 3. The Morgan fingerprint density at radius 2 is 1.84 bits per heavy atom. The van der Waals surface area contributed by atoms with Gasteiger partial charge in [-0.25, -0.2) is 4.52 Å². The number of amides is 1. The van der Waals surface area contributed by atoms with Crippen LogP contribution in [-0.4, -0.2) is 38.5 Å². The molecule has 1 aliphatic carbocycles. The third-order valence-corrected chi connectivity index (χ3v) is 6.51. The van der Waals surface area contributed by atoms with Crippen molar-refractivity contribution < 1.29 is 4.79 Å². The summed E-state index contributed by atoms with van der Waals surface area (Å²) < 4.78 is 1.72. The number of pyridine rings is 1. The van der Waals surface area contributed by atoms with Crippen molar-refractivity contribution in [3.63, 3.8) is 0 Å². The van der Waals surface area contributed by atoms with E-state index in [-0.39, 0.29) is 11.8 Å². The molecule has 1 aromatic carbocycles. The van der Waals surface area contributed by atoms with Crippen molar-refractivity contribution in [1.29, 1.82) is 0 Å². The predicted molar refractivity (Wildman–Crippen MR) is 123 cm³/mol. The average Bonchev–Trinajstić information content (AvgIpc) is 3.47. The lowest BCUT2D eigenvalue weighted by Crippen LogP contribution is -2.45. The summed E-state index contributed by atoms with van der Waals surface area (Å²) in [5.74, 6) is 2.12. The van der Waals surface area contributed by atoms with Crippen LogP contribution in [0.3, 0.4) is 0 Å².